The van der Waals surface area contributed by atoms with E-state index in [1.165, 1.54) is 0 Å². The first kappa shape index (κ1) is 10.6. The maximum absolute atomic E-state index is 4.58. The molecule has 0 aliphatic rings. The smallest absolute Gasteiger partial charge is 0.173 e. The van der Waals surface area contributed by atoms with Gasteiger partial charge in [0.05, 0.1) is 11.6 Å². The van der Waals surface area contributed by atoms with Crippen molar-refractivity contribution < 1.29 is 0 Å². The van der Waals surface area contributed by atoms with Crippen molar-refractivity contribution >= 4 is 27.2 Å². The second-order valence-electron chi connectivity index (χ2n) is 4.40. The van der Waals surface area contributed by atoms with Gasteiger partial charge in [-0.3, -0.25) is 4.68 Å². The zero-order valence-corrected chi connectivity index (χ0v) is 11.0. The van der Waals surface area contributed by atoms with Crippen LogP contribution in [0.25, 0.3) is 15.9 Å². The fourth-order valence-electron chi connectivity index (χ4n) is 2.08. The lowest BCUT2D eigenvalue weighted by atomic mass is 10.4. The lowest BCUT2D eigenvalue weighted by Crippen LogP contribution is -2.02. The van der Waals surface area contributed by atoms with Crippen molar-refractivity contribution in [3.8, 4) is 0 Å². The Morgan fingerprint density at radius 1 is 1.37 bits per heavy atom. The second-order valence-corrected chi connectivity index (χ2v) is 5.29. The molecule has 0 saturated heterocycles. The fraction of sp³-hybridized carbons (Fsp3) is 0.167. The number of thiophene rings is 1. The molecule has 0 aliphatic carbocycles. The van der Waals surface area contributed by atoms with E-state index >= 15 is 0 Å². The van der Waals surface area contributed by atoms with Crippen molar-refractivity contribution in [1.29, 1.82) is 0 Å². The molecule has 0 N–H and O–H groups in total. The molecule has 0 aliphatic heterocycles. The minimum Gasteiger partial charge on any atom is -0.265 e. The summed E-state index contributed by atoms with van der Waals surface area (Å²) in [5.41, 5.74) is 1.98. The Morgan fingerprint density at radius 3 is 3.16 bits per heavy atom. The first-order valence-electron chi connectivity index (χ1n) is 5.86. The van der Waals surface area contributed by atoms with Gasteiger partial charge in [-0.1, -0.05) is 0 Å². The third-order valence-corrected chi connectivity index (χ3v) is 3.73. The van der Waals surface area contributed by atoms with Gasteiger partial charge in [0, 0.05) is 6.20 Å². The number of aromatic nitrogens is 6. The standard InChI is InChI=1S/C12H10N6S/c1-8-4-14-17(5-8)6-10-15-11-9-2-3-19-12(9)13-7-18(11)16-10/h2-5,7H,6H2,1H3. The van der Waals surface area contributed by atoms with Gasteiger partial charge in [-0.25, -0.2) is 14.5 Å². The minimum atomic E-state index is 0.571. The molecule has 4 aromatic heterocycles. The van der Waals surface area contributed by atoms with E-state index in [2.05, 4.69) is 20.2 Å². The quantitative estimate of drug-likeness (QED) is 0.558. The van der Waals surface area contributed by atoms with E-state index in [0.717, 1.165) is 27.3 Å². The van der Waals surface area contributed by atoms with Gasteiger partial charge >= 0.3 is 0 Å². The highest BCUT2D eigenvalue weighted by Gasteiger charge is 2.09. The van der Waals surface area contributed by atoms with Crippen molar-refractivity contribution in [3.63, 3.8) is 0 Å². The van der Waals surface area contributed by atoms with E-state index in [1.54, 1.807) is 22.2 Å². The highest BCUT2D eigenvalue weighted by atomic mass is 32.1. The van der Waals surface area contributed by atoms with Crippen LogP contribution >= 0.6 is 11.3 Å². The molecule has 0 aromatic carbocycles. The van der Waals surface area contributed by atoms with Gasteiger partial charge in [-0.15, -0.1) is 16.4 Å². The molecule has 6 nitrogen and oxygen atoms in total. The summed E-state index contributed by atoms with van der Waals surface area (Å²) in [5, 5.41) is 11.7. The zero-order chi connectivity index (χ0) is 12.8. The maximum atomic E-state index is 4.58. The molecule has 0 saturated carbocycles. The number of hydrogen-bond donors (Lipinski definition) is 0. The Kier molecular flexibility index (Phi) is 2.16. The monoisotopic (exact) mass is 270 g/mol. The van der Waals surface area contributed by atoms with E-state index in [4.69, 9.17) is 0 Å². The minimum absolute atomic E-state index is 0.571. The molecule has 4 rings (SSSR count). The van der Waals surface area contributed by atoms with Crippen LogP contribution in [0.15, 0.2) is 30.2 Å². The summed E-state index contributed by atoms with van der Waals surface area (Å²) in [7, 11) is 0. The number of aryl methyl sites for hydroxylation is 1. The molecule has 94 valence electrons. The van der Waals surface area contributed by atoms with Crippen LogP contribution in [-0.2, 0) is 6.54 Å². The van der Waals surface area contributed by atoms with E-state index in [0.29, 0.717) is 6.54 Å². The number of fused-ring (bicyclic) bond motifs is 3. The highest BCUT2D eigenvalue weighted by Crippen LogP contribution is 2.21. The van der Waals surface area contributed by atoms with Crippen LogP contribution in [0, 0.1) is 6.92 Å². The highest BCUT2D eigenvalue weighted by molar-refractivity contribution is 7.16. The fourth-order valence-corrected chi connectivity index (χ4v) is 2.80. The summed E-state index contributed by atoms with van der Waals surface area (Å²) in [6.07, 6.45) is 5.51. The SMILES string of the molecule is Cc1cnn(Cc2nc3c4ccsc4ncn3n2)c1. The average molecular weight is 270 g/mol. The van der Waals surface area contributed by atoms with Crippen LogP contribution in [0.5, 0.6) is 0 Å². The Morgan fingerprint density at radius 2 is 2.32 bits per heavy atom. The van der Waals surface area contributed by atoms with Crippen molar-refractivity contribution in [1.82, 2.24) is 29.4 Å². The summed E-state index contributed by atoms with van der Waals surface area (Å²) in [6.45, 7) is 2.58. The van der Waals surface area contributed by atoms with Crippen LogP contribution in [0.1, 0.15) is 11.4 Å². The van der Waals surface area contributed by atoms with Crippen LogP contribution in [-0.4, -0.2) is 29.4 Å². The average Bonchev–Trinajstić information content (AvgIpc) is 3.07. The Labute approximate surface area is 112 Å². The van der Waals surface area contributed by atoms with Crippen molar-refractivity contribution in [2.75, 3.05) is 0 Å². The first-order chi connectivity index (χ1) is 9.29. The second kappa shape index (κ2) is 3.86. The van der Waals surface area contributed by atoms with Gasteiger partial charge in [-0.05, 0) is 23.9 Å². The molecule has 4 aromatic rings. The summed E-state index contributed by atoms with van der Waals surface area (Å²) in [4.78, 5) is 9.91. The number of rotatable bonds is 2. The van der Waals surface area contributed by atoms with Crippen LogP contribution in [0.3, 0.4) is 0 Å². The molecular formula is C12H10N6S. The predicted octanol–water partition coefficient (Wildman–Crippen LogP) is 1.89. The third kappa shape index (κ3) is 1.70. The van der Waals surface area contributed by atoms with Gasteiger partial charge < -0.3 is 0 Å². The molecular weight excluding hydrogens is 260 g/mol. The summed E-state index contributed by atoms with van der Waals surface area (Å²) < 4.78 is 3.56. The normalized spacial score (nSPS) is 11.6. The molecule has 7 heteroatoms. The van der Waals surface area contributed by atoms with Gasteiger partial charge in [0.25, 0.3) is 0 Å². The molecule has 4 heterocycles. The number of hydrogen-bond acceptors (Lipinski definition) is 5. The van der Waals surface area contributed by atoms with Gasteiger partial charge in [0.15, 0.2) is 11.5 Å². The Balaban J connectivity index is 1.82. The largest absolute Gasteiger partial charge is 0.265 e. The summed E-state index contributed by atoms with van der Waals surface area (Å²) >= 11 is 1.61. The van der Waals surface area contributed by atoms with Gasteiger partial charge in [0.1, 0.15) is 17.7 Å². The number of nitrogens with zero attached hydrogens (tertiary/aromatic N) is 6. The van der Waals surface area contributed by atoms with E-state index < -0.39 is 0 Å². The lowest BCUT2D eigenvalue weighted by Gasteiger charge is -1.94. The lowest BCUT2D eigenvalue weighted by molar-refractivity contribution is 0.653. The molecule has 0 amide bonds. The maximum Gasteiger partial charge on any atom is 0.173 e. The molecule has 0 radical (unpaired) electrons. The van der Waals surface area contributed by atoms with Crippen molar-refractivity contribution in [3.05, 3.63) is 41.6 Å². The van der Waals surface area contributed by atoms with Crippen LogP contribution in [0.4, 0.5) is 0 Å². The van der Waals surface area contributed by atoms with E-state index in [1.807, 2.05) is 35.4 Å². The molecule has 0 unspecified atom stereocenters. The van der Waals surface area contributed by atoms with Crippen molar-refractivity contribution in [2.45, 2.75) is 13.5 Å². The molecule has 0 spiro atoms. The van der Waals surface area contributed by atoms with Crippen LogP contribution in [0.2, 0.25) is 0 Å². The van der Waals surface area contributed by atoms with Crippen molar-refractivity contribution in [2.24, 2.45) is 0 Å². The predicted molar refractivity (Wildman–Crippen MR) is 72.2 cm³/mol. The Hall–Kier alpha value is -2.28. The van der Waals surface area contributed by atoms with E-state index in [9.17, 15) is 0 Å². The molecule has 19 heavy (non-hydrogen) atoms. The van der Waals surface area contributed by atoms with E-state index in [-0.39, 0.29) is 0 Å². The third-order valence-electron chi connectivity index (χ3n) is 2.91. The Bertz CT molecular complexity index is 871. The van der Waals surface area contributed by atoms with Gasteiger partial charge in [-0.2, -0.15) is 5.10 Å². The van der Waals surface area contributed by atoms with Crippen LogP contribution < -0.4 is 0 Å². The molecule has 0 atom stereocenters. The molecule has 0 fully saturated rings. The summed E-state index contributed by atoms with van der Waals surface area (Å²) in [6, 6.07) is 2.03. The topological polar surface area (TPSA) is 60.9 Å². The van der Waals surface area contributed by atoms with Gasteiger partial charge in [0.2, 0.25) is 0 Å². The zero-order valence-electron chi connectivity index (χ0n) is 10.2. The first-order valence-corrected chi connectivity index (χ1v) is 6.74. The molecule has 0 bridgehead atoms. The summed E-state index contributed by atoms with van der Waals surface area (Å²) in [5.74, 6) is 0.739.